The van der Waals surface area contributed by atoms with E-state index in [4.69, 9.17) is 33.7 Å². The van der Waals surface area contributed by atoms with Crippen molar-refractivity contribution in [2.24, 2.45) is 0 Å². The molecular weight excluding hydrogens is 299 g/mol. The highest BCUT2D eigenvalue weighted by atomic mass is 79.9. The first kappa shape index (κ1) is 12.1. The molecule has 0 N–H and O–H groups in total. The zero-order valence-corrected chi connectivity index (χ0v) is 10.4. The van der Waals surface area contributed by atoms with Crippen molar-refractivity contribution >= 4 is 45.2 Å². The Hall–Kier alpha value is -1.000. The number of benzene rings is 1. The number of nitriles is 2. The summed E-state index contributed by atoms with van der Waals surface area (Å²) in [5, 5.41) is 18.1. The molecule has 0 aliphatic rings. The Labute approximate surface area is 105 Å². The summed E-state index contributed by atoms with van der Waals surface area (Å²) in [6.07, 6.45) is 1.39. The van der Waals surface area contributed by atoms with E-state index in [1.54, 1.807) is 24.3 Å². The smallest absolute Gasteiger partial charge is 0.130 e. The van der Waals surface area contributed by atoms with Gasteiger partial charge in [-0.15, -0.1) is 0 Å². The van der Waals surface area contributed by atoms with Gasteiger partial charge in [0.05, 0.1) is 5.02 Å². The predicted molar refractivity (Wildman–Crippen MR) is 63.4 cm³/mol. The van der Waals surface area contributed by atoms with Gasteiger partial charge in [0.2, 0.25) is 0 Å². The molecule has 2 nitrogen and oxygen atoms in total. The third-order valence-corrected chi connectivity index (χ3v) is 3.10. The quantitative estimate of drug-likeness (QED) is 0.577. The van der Waals surface area contributed by atoms with Gasteiger partial charge in [-0.25, -0.2) is 0 Å². The number of rotatable bonds is 1. The van der Waals surface area contributed by atoms with E-state index < -0.39 is 0 Å². The predicted octanol–water partition coefficient (Wildman–Crippen LogP) is 4.19. The molecule has 15 heavy (non-hydrogen) atoms. The molecule has 0 saturated heterocycles. The molecule has 1 rings (SSSR count). The highest BCUT2D eigenvalue weighted by molar-refractivity contribution is 9.10. The second kappa shape index (κ2) is 5.19. The minimum atomic E-state index is -0.0183. The lowest BCUT2D eigenvalue weighted by atomic mass is 10.1. The normalized spacial score (nSPS) is 8.87. The van der Waals surface area contributed by atoms with Crippen LogP contribution in [0.5, 0.6) is 0 Å². The van der Waals surface area contributed by atoms with Gasteiger partial charge in [-0.1, -0.05) is 23.2 Å². The molecule has 0 aromatic heterocycles. The largest absolute Gasteiger partial charge is 0.192 e. The van der Waals surface area contributed by atoms with Gasteiger partial charge in [0.1, 0.15) is 17.7 Å². The number of allylic oxidation sites excluding steroid dienone is 1. The third-order valence-electron chi connectivity index (χ3n) is 1.58. The van der Waals surface area contributed by atoms with E-state index in [0.717, 1.165) is 0 Å². The van der Waals surface area contributed by atoms with Gasteiger partial charge in [0.15, 0.2) is 0 Å². The second-order valence-corrected chi connectivity index (χ2v) is 4.24. The SMILES string of the molecule is N#CC(C#N)=Cc1cc(Cl)c(Br)cc1Cl. The van der Waals surface area contributed by atoms with Crippen molar-refractivity contribution < 1.29 is 0 Å². The van der Waals surface area contributed by atoms with Crippen LogP contribution in [0.1, 0.15) is 5.56 Å². The van der Waals surface area contributed by atoms with Crippen molar-refractivity contribution in [3.05, 3.63) is 37.8 Å². The standard InChI is InChI=1S/C10H3BrCl2N2/c11-8-3-9(12)7(2-10(8)13)1-6(4-14)5-15/h1-3H. The fourth-order valence-electron chi connectivity index (χ4n) is 0.894. The van der Waals surface area contributed by atoms with Crippen molar-refractivity contribution in [3.63, 3.8) is 0 Å². The number of halogens is 3. The summed E-state index contributed by atoms with van der Waals surface area (Å²) in [6.45, 7) is 0. The van der Waals surface area contributed by atoms with Crippen LogP contribution in [-0.4, -0.2) is 0 Å². The van der Waals surface area contributed by atoms with E-state index in [0.29, 0.717) is 20.1 Å². The van der Waals surface area contributed by atoms with Gasteiger partial charge in [0, 0.05) is 9.50 Å². The van der Waals surface area contributed by atoms with Crippen LogP contribution in [0.15, 0.2) is 22.2 Å². The summed E-state index contributed by atoms with van der Waals surface area (Å²) in [4.78, 5) is 0. The maximum Gasteiger partial charge on any atom is 0.130 e. The molecule has 0 aliphatic carbocycles. The monoisotopic (exact) mass is 300 g/mol. The first-order valence-electron chi connectivity index (χ1n) is 3.75. The Bertz CT molecular complexity index is 493. The van der Waals surface area contributed by atoms with Crippen molar-refractivity contribution in [1.82, 2.24) is 0 Å². The summed E-state index contributed by atoms with van der Waals surface area (Å²) >= 11 is 15.0. The lowest BCUT2D eigenvalue weighted by Crippen LogP contribution is -1.80. The molecule has 0 saturated carbocycles. The van der Waals surface area contributed by atoms with Crippen molar-refractivity contribution in [2.75, 3.05) is 0 Å². The van der Waals surface area contributed by atoms with Crippen LogP contribution in [0.4, 0.5) is 0 Å². The van der Waals surface area contributed by atoms with Gasteiger partial charge in [0.25, 0.3) is 0 Å². The second-order valence-electron chi connectivity index (χ2n) is 2.57. The van der Waals surface area contributed by atoms with Gasteiger partial charge in [-0.05, 0) is 39.7 Å². The van der Waals surface area contributed by atoms with Gasteiger partial charge >= 0.3 is 0 Å². The molecule has 0 unspecified atom stereocenters. The zero-order valence-electron chi connectivity index (χ0n) is 7.26. The molecule has 0 radical (unpaired) electrons. The highest BCUT2D eigenvalue weighted by Gasteiger charge is 2.04. The van der Waals surface area contributed by atoms with E-state index in [-0.39, 0.29) is 5.57 Å². The lowest BCUT2D eigenvalue weighted by molar-refractivity contribution is 1.47. The molecule has 0 spiro atoms. The molecular formula is C10H3BrCl2N2. The maximum atomic E-state index is 8.58. The molecule has 0 amide bonds. The average molecular weight is 302 g/mol. The molecule has 1 aromatic rings. The van der Waals surface area contributed by atoms with Crippen molar-refractivity contribution in [1.29, 1.82) is 10.5 Å². The lowest BCUT2D eigenvalue weighted by Gasteiger charge is -2.01. The summed E-state index contributed by atoms with van der Waals surface area (Å²) in [5.41, 5.74) is 0.526. The Balaban J connectivity index is 3.30. The highest BCUT2D eigenvalue weighted by Crippen LogP contribution is 2.30. The minimum Gasteiger partial charge on any atom is -0.192 e. The maximum absolute atomic E-state index is 8.58. The summed E-state index contributed by atoms with van der Waals surface area (Å²) in [5.74, 6) is 0. The van der Waals surface area contributed by atoms with Crippen LogP contribution in [0.2, 0.25) is 10.0 Å². The van der Waals surface area contributed by atoms with Gasteiger partial charge in [-0.3, -0.25) is 0 Å². The van der Waals surface area contributed by atoms with Gasteiger partial charge in [-0.2, -0.15) is 10.5 Å². The minimum absolute atomic E-state index is 0.0183. The van der Waals surface area contributed by atoms with Crippen LogP contribution in [0.25, 0.3) is 6.08 Å². The van der Waals surface area contributed by atoms with Crippen LogP contribution in [0, 0.1) is 22.7 Å². The van der Waals surface area contributed by atoms with Crippen LogP contribution in [-0.2, 0) is 0 Å². The summed E-state index contributed by atoms with van der Waals surface area (Å²) in [6, 6.07) is 6.70. The molecule has 0 heterocycles. The molecule has 5 heteroatoms. The summed E-state index contributed by atoms with van der Waals surface area (Å²) < 4.78 is 0.668. The molecule has 1 aromatic carbocycles. The Morgan fingerprint density at radius 1 is 1.20 bits per heavy atom. The topological polar surface area (TPSA) is 47.6 Å². The van der Waals surface area contributed by atoms with Crippen LogP contribution in [0.3, 0.4) is 0 Å². The Kier molecular flexibility index (Phi) is 4.17. The van der Waals surface area contributed by atoms with E-state index >= 15 is 0 Å². The third kappa shape index (κ3) is 2.97. The Morgan fingerprint density at radius 3 is 2.33 bits per heavy atom. The van der Waals surface area contributed by atoms with Gasteiger partial charge < -0.3 is 0 Å². The fourth-order valence-corrected chi connectivity index (χ4v) is 1.76. The molecule has 74 valence electrons. The molecule has 0 bridgehead atoms. The molecule has 0 fully saturated rings. The molecule has 0 aliphatic heterocycles. The first-order valence-corrected chi connectivity index (χ1v) is 5.30. The fraction of sp³-hybridized carbons (Fsp3) is 0. The number of hydrogen-bond acceptors (Lipinski definition) is 2. The van der Waals surface area contributed by atoms with E-state index in [1.807, 2.05) is 0 Å². The van der Waals surface area contributed by atoms with E-state index in [1.165, 1.54) is 6.08 Å². The zero-order chi connectivity index (χ0) is 11.4. The number of hydrogen-bond donors (Lipinski definition) is 0. The van der Waals surface area contributed by atoms with Crippen LogP contribution >= 0.6 is 39.1 Å². The van der Waals surface area contributed by atoms with Crippen molar-refractivity contribution in [2.45, 2.75) is 0 Å². The van der Waals surface area contributed by atoms with Crippen molar-refractivity contribution in [3.8, 4) is 12.1 Å². The molecule has 0 atom stereocenters. The van der Waals surface area contributed by atoms with E-state index in [2.05, 4.69) is 15.9 Å². The first-order chi connectivity index (χ1) is 7.08. The summed E-state index contributed by atoms with van der Waals surface area (Å²) in [7, 11) is 0. The van der Waals surface area contributed by atoms with Crippen LogP contribution < -0.4 is 0 Å². The number of nitrogens with zero attached hydrogens (tertiary/aromatic N) is 2. The van der Waals surface area contributed by atoms with E-state index in [9.17, 15) is 0 Å². The average Bonchev–Trinajstić information content (AvgIpc) is 2.21. The Morgan fingerprint density at radius 2 is 1.80 bits per heavy atom.